The number of carbonyl (C=O) groups excluding carboxylic acids is 2. The quantitative estimate of drug-likeness (QED) is 0.356. The van der Waals surface area contributed by atoms with E-state index in [0.29, 0.717) is 0 Å². The Bertz CT molecular complexity index is 316. The molecule has 0 aromatic carbocycles. The maximum Gasteiger partial charge on any atom is 0.369 e. The third-order valence-corrected chi connectivity index (χ3v) is 1.19. The van der Waals surface area contributed by atoms with Crippen molar-refractivity contribution in [2.75, 3.05) is 0 Å². The van der Waals surface area contributed by atoms with E-state index in [2.05, 4.69) is 19.9 Å². The van der Waals surface area contributed by atoms with E-state index in [1.807, 2.05) is 0 Å². The van der Waals surface area contributed by atoms with Gasteiger partial charge >= 0.3 is 11.9 Å². The minimum atomic E-state index is -0.786. The van der Waals surface area contributed by atoms with Crippen LogP contribution in [0, 0.1) is 0 Å². The lowest BCUT2D eigenvalue weighted by atomic mass is 10.4. The van der Waals surface area contributed by atoms with Crippen LogP contribution in [0.2, 0.25) is 0 Å². The van der Waals surface area contributed by atoms with Crippen LogP contribution in [0.1, 0.15) is 21.0 Å². The zero-order valence-corrected chi connectivity index (χ0v) is 5.14. The lowest BCUT2D eigenvalue weighted by molar-refractivity contribution is 0.0439. The van der Waals surface area contributed by atoms with Gasteiger partial charge in [0.25, 0.3) is 0 Å². The number of aromatic nitrogens is 3. The van der Waals surface area contributed by atoms with Gasteiger partial charge in [-0.15, -0.1) is 10.2 Å². The van der Waals surface area contributed by atoms with Gasteiger partial charge in [-0.1, -0.05) is 0 Å². The van der Waals surface area contributed by atoms with Crippen LogP contribution in [-0.4, -0.2) is 27.1 Å². The molecular formula is C5HN3O3. The van der Waals surface area contributed by atoms with Crippen LogP contribution in [0.25, 0.3) is 0 Å². The zero-order chi connectivity index (χ0) is 7.84. The Balaban J connectivity index is 2.69. The van der Waals surface area contributed by atoms with E-state index in [9.17, 15) is 9.59 Å². The standard InChI is InChI=1S/C5HN3O3/c9-4-2-3(5(10)11-4)8-7-1-6-2/h1H. The SMILES string of the molecule is O=C1OC(=O)c2nncnc21. The molecule has 11 heavy (non-hydrogen) atoms. The molecule has 1 aromatic rings. The van der Waals surface area contributed by atoms with Gasteiger partial charge in [0.05, 0.1) is 0 Å². The minimum Gasteiger partial charge on any atom is -0.383 e. The Morgan fingerprint density at radius 3 is 2.64 bits per heavy atom. The first-order chi connectivity index (χ1) is 5.29. The topological polar surface area (TPSA) is 82.0 Å². The number of ether oxygens (including phenoxy) is 1. The third kappa shape index (κ3) is 0.689. The molecule has 0 fully saturated rings. The summed E-state index contributed by atoms with van der Waals surface area (Å²) in [4.78, 5) is 24.9. The van der Waals surface area contributed by atoms with E-state index in [-0.39, 0.29) is 11.4 Å². The number of rotatable bonds is 0. The van der Waals surface area contributed by atoms with Crippen molar-refractivity contribution in [2.24, 2.45) is 0 Å². The summed E-state index contributed by atoms with van der Waals surface area (Å²) in [6.07, 6.45) is 1.08. The van der Waals surface area contributed by atoms with Crippen molar-refractivity contribution in [3.63, 3.8) is 0 Å². The fourth-order valence-electron chi connectivity index (χ4n) is 0.743. The van der Waals surface area contributed by atoms with Gasteiger partial charge in [0, 0.05) is 0 Å². The highest BCUT2D eigenvalue weighted by Gasteiger charge is 2.32. The average Bonchev–Trinajstić information content (AvgIpc) is 2.30. The van der Waals surface area contributed by atoms with Crippen LogP contribution in [0.4, 0.5) is 0 Å². The summed E-state index contributed by atoms with van der Waals surface area (Å²) in [5.74, 6) is -1.55. The van der Waals surface area contributed by atoms with E-state index in [4.69, 9.17) is 0 Å². The Morgan fingerprint density at radius 1 is 1.18 bits per heavy atom. The molecule has 1 aromatic heterocycles. The van der Waals surface area contributed by atoms with Crippen LogP contribution in [0.3, 0.4) is 0 Å². The van der Waals surface area contributed by atoms with Crippen molar-refractivity contribution >= 4 is 11.9 Å². The van der Waals surface area contributed by atoms with E-state index >= 15 is 0 Å². The number of esters is 2. The first-order valence-corrected chi connectivity index (χ1v) is 2.73. The van der Waals surface area contributed by atoms with Crippen LogP contribution >= 0.6 is 0 Å². The van der Waals surface area contributed by atoms with Gasteiger partial charge in [-0.2, -0.15) is 0 Å². The lowest BCUT2D eigenvalue weighted by Crippen LogP contribution is -1.99. The Labute approximate surface area is 60.2 Å². The molecule has 0 amide bonds. The number of fused-ring (bicyclic) bond motifs is 1. The minimum absolute atomic E-state index is 0.0648. The van der Waals surface area contributed by atoms with Gasteiger partial charge < -0.3 is 4.74 Å². The van der Waals surface area contributed by atoms with Gasteiger partial charge in [0.2, 0.25) is 5.69 Å². The zero-order valence-electron chi connectivity index (χ0n) is 5.14. The summed E-state index contributed by atoms with van der Waals surface area (Å²) < 4.78 is 4.19. The molecule has 1 aliphatic rings. The van der Waals surface area contributed by atoms with Gasteiger partial charge in [0.1, 0.15) is 6.33 Å². The van der Waals surface area contributed by atoms with Crippen molar-refractivity contribution in [2.45, 2.75) is 0 Å². The van der Waals surface area contributed by atoms with Crippen molar-refractivity contribution in [1.29, 1.82) is 0 Å². The first-order valence-electron chi connectivity index (χ1n) is 2.73. The summed E-state index contributed by atoms with van der Waals surface area (Å²) in [7, 11) is 0. The molecule has 1 aliphatic heterocycles. The second-order valence-electron chi connectivity index (χ2n) is 1.83. The van der Waals surface area contributed by atoms with E-state index in [1.165, 1.54) is 0 Å². The summed E-state index contributed by atoms with van der Waals surface area (Å²) in [6, 6.07) is 0. The fourth-order valence-corrected chi connectivity index (χ4v) is 0.743. The molecule has 6 heteroatoms. The lowest BCUT2D eigenvalue weighted by Gasteiger charge is -1.83. The molecule has 0 saturated heterocycles. The molecule has 0 saturated carbocycles. The molecule has 2 rings (SSSR count). The predicted octanol–water partition coefficient (Wildman–Crippen LogP) is -0.818. The molecule has 0 spiro atoms. The van der Waals surface area contributed by atoms with Crippen molar-refractivity contribution in [1.82, 2.24) is 15.2 Å². The Hall–Kier alpha value is -1.85. The maximum atomic E-state index is 10.7. The second-order valence-corrected chi connectivity index (χ2v) is 1.83. The molecule has 0 atom stereocenters. The number of nitrogens with zero attached hydrogens (tertiary/aromatic N) is 3. The van der Waals surface area contributed by atoms with Crippen LogP contribution in [0.15, 0.2) is 6.33 Å². The Morgan fingerprint density at radius 2 is 1.91 bits per heavy atom. The van der Waals surface area contributed by atoms with E-state index in [0.717, 1.165) is 6.33 Å². The number of cyclic esters (lactones) is 2. The molecule has 54 valence electrons. The summed E-state index contributed by atoms with van der Waals surface area (Å²) in [5.41, 5.74) is -0.178. The van der Waals surface area contributed by atoms with Crippen LogP contribution < -0.4 is 0 Å². The van der Waals surface area contributed by atoms with Gasteiger partial charge in [-0.3, -0.25) is 0 Å². The molecule has 6 nitrogen and oxygen atoms in total. The molecule has 0 N–H and O–H groups in total. The average molecular weight is 151 g/mol. The normalized spacial score (nSPS) is 14.5. The van der Waals surface area contributed by atoms with Crippen molar-refractivity contribution in [3.05, 3.63) is 17.7 Å². The van der Waals surface area contributed by atoms with Crippen molar-refractivity contribution < 1.29 is 14.3 Å². The summed E-state index contributed by atoms with van der Waals surface area (Å²) in [5, 5.41) is 6.71. The summed E-state index contributed by atoms with van der Waals surface area (Å²) >= 11 is 0. The molecule has 2 heterocycles. The van der Waals surface area contributed by atoms with Crippen molar-refractivity contribution in [3.8, 4) is 0 Å². The fraction of sp³-hybridized carbons (Fsp3) is 0. The molecule has 0 radical (unpaired) electrons. The number of hydrogen-bond donors (Lipinski definition) is 0. The van der Waals surface area contributed by atoms with Gasteiger partial charge in [0.15, 0.2) is 5.69 Å². The monoisotopic (exact) mass is 151 g/mol. The van der Waals surface area contributed by atoms with Gasteiger partial charge in [-0.05, 0) is 0 Å². The third-order valence-electron chi connectivity index (χ3n) is 1.19. The van der Waals surface area contributed by atoms with E-state index in [1.54, 1.807) is 0 Å². The predicted molar refractivity (Wildman–Crippen MR) is 29.6 cm³/mol. The van der Waals surface area contributed by atoms with E-state index < -0.39 is 11.9 Å². The molecule has 0 unspecified atom stereocenters. The number of carbonyl (C=O) groups is 2. The summed E-state index contributed by atoms with van der Waals surface area (Å²) in [6.45, 7) is 0. The first kappa shape index (κ1) is 5.90. The van der Waals surface area contributed by atoms with Crippen LogP contribution in [0.5, 0.6) is 0 Å². The second kappa shape index (κ2) is 1.82. The highest BCUT2D eigenvalue weighted by atomic mass is 16.6. The van der Waals surface area contributed by atoms with Gasteiger partial charge in [-0.25, -0.2) is 14.6 Å². The maximum absolute atomic E-state index is 10.7. The molecule has 0 bridgehead atoms. The highest BCUT2D eigenvalue weighted by Crippen LogP contribution is 2.12. The largest absolute Gasteiger partial charge is 0.383 e. The number of hydrogen-bond acceptors (Lipinski definition) is 6. The smallest absolute Gasteiger partial charge is 0.369 e. The van der Waals surface area contributed by atoms with Crippen LogP contribution in [-0.2, 0) is 4.74 Å². The molecule has 0 aliphatic carbocycles. The molecular weight excluding hydrogens is 150 g/mol. The highest BCUT2D eigenvalue weighted by molar-refractivity contribution is 6.12. The Kier molecular flexibility index (Phi) is 0.974.